The second-order valence-electron chi connectivity index (χ2n) is 7.29. The van der Waals surface area contributed by atoms with Crippen molar-refractivity contribution in [1.82, 2.24) is 20.2 Å². The Morgan fingerprint density at radius 2 is 1.84 bits per heavy atom. The monoisotopic (exact) mass is 445 g/mol. The normalized spacial score (nSPS) is 11.7. The number of hydrogen-bond donors (Lipinski definition) is 1. The van der Waals surface area contributed by atoms with Gasteiger partial charge in [-0.2, -0.15) is 4.68 Å². The molecule has 0 unspecified atom stereocenters. The predicted octanol–water partition coefficient (Wildman–Crippen LogP) is 4.76. The summed E-state index contributed by atoms with van der Waals surface area (Å²) in [5, 5.41) is 15.2. The van der Waals surface area contributed by atoms with Crippen LogP contribution >= 0.6 is 11.8 Å². The third-order valence-corrected chi connectivity index (χ3v) is 6.11. The highest BCUT2D eigenvalue weighted by Crippen LogP contribution is 2.36. The smallest absolute Gasteiger partial charge is 0.242 e. The quantitative estimate of drug-likeness (QED) is 0.413. The molecule has 1 heterocycles. The van der Waals surface area contributed by atoms with Crippen molar-refractivity contribution in [2.75, 3.05) is 12.4 Å². The van der Waals surface area contributed by atoms with Gasteiger partial charge in [0.05, 0.1) is 12.8 Å². The van der Waals surface area contributed by atoms with Gasteiger partial charge in [-0.25, -0.2) is 0 Å². The minimum Gasteiger partial charge on any atom is -0.497 e. The van der Waals surface area contributed by atoms with Crippen LogP contribution in [0.15, 0.2) is 78.0 Å². The van der Waals surface area contributed by atoms with Gasteiger partial charge < -0.3 is 10.1 Å². The molecular formula is C24H23N5O2S. The number of amides is 1. The lowest BCUT2D eigenvalue weighted by molar-refractivity contribution is -0.115. The van der Waals surface area contributed by atoms with Gasteiger partial charge in [-0.05, 0) is 53.6 Å². The van der Waals surface area contributed by atoms with Crippen LogP contribution in [-0.2, 0) is 4.79 Å². The number of anilines is 1. The van der Waals surface area contributed by atoms with Crippen LogP contribution in [0.5, 0.6) is 5.75 Å². The Hall–Kier alpha value is -3.65. The predicted molar refractivity (Wildman–Crippen MR) is 125 cm³/mol. The van der Waals surface area contributed by atoms with E-state index in [9.17, 15) is 4.79 Å². The summed E-state index contributed by atoms with van der Waals surface area (Å²) in [5.41, 5.74) is 4.60. The van der Waals surface area contributed by atoms with Gasteiger partial charge in [0.15, 0.2) is 0 Å². The van der Waals surface area contributed by atoms with Crippen molar-refractivity contribution < 1.29 is 9.53 Å². The SMILES string of the molecule is COc1cccc(NC(=O)[C@@H](Sc2nnnn2-c2ccc(C)cc2C)c2ccccc2)c1. The molecule has 0 saturated heterocycles. The molecule has 4 rings (SSSR count). The highest BCUT2D eigenvalue weighted by molar-refractivity contribution is 8.00. The molecule has 0 saturated carbocycles. The summed E-state index contributed by atoms with van der Waals surface area (Å²) < 4.78 is 6.94. The third kappa shape index (κ3) is 4.81. The standard InChI is InChI=1S/C24H23N5O2S/c1-16-12-13-21(17(2)14-16)29-24(26-27-28-29)32-22(18-8-5-4-6-9-18)23(30)25-19-10-7-11-20(15-19)31-3/h4-15,22H,1-3H3,(H,25,30)/t22-/m0/s1. The van der Waals surface area contributed by atoms with E-state index in [-0.39, 0.29) is 5.91 Å². The van der Waals surface area contributed by atoms with Gasteiger partial charge in [-0.15, -0.1) is 5.10 Å². The number of hydrogen-bond acceptors (Lipinski definition) is 6. The fourth-order valence-electron chi connectivity index (χ4n) is 3.36. The fraction of sp³-hybridized carbons (Fsp3) is 0.167. The molecule has 162 valence electrons. The second kappa shape index (κ2) is 9.65. The van der Waals surface area contributed by atoms with E-state index in [1.807, 2.05) is 74.5 Å². The highest BCUT2D eigenvalue weighted by atomic mass is 32.2. The molecule has 0 fully saturated rings. The molecule has 1 amide bonds. The van der Waals surface area contributed by atoms with Crippen molar-refractivity contribution >= 4 is 23.4 Å². The molecule has 32 heavy (non-hydrogen) atoms. The van der Waals surface area contributed by atoms with Gasteiger partial charge in [0.1, 0.15) is 11.0 Å². The topological polar surface area (TPSA) is 81.9 Å². The molecule has 0 aliphatic heterocycles. The highest BCUT2D eigenvalue weighted by Gasteiger charge is 2.26. The van der Waals surface area contributed by atoms with E-state index >= 15 is 0 Å². The van der Waals surface area contributed by atoms with Gasteiger partial charge in [-0.3, -0.25) is 4.79 Å². The van der Waals surface area contributed by atoms with E-state index in [0.29, 0.717) is 16.6 Å². The number of aromatic nitrogens is 4. The number of nitrogens with zero attached hydrogens (tertiary/aromatic N) is 4. The lowest BCUT2D eigenvalue weighted by Crippen LogP contribution is -2.19. The molecular weight excluding hydrogens is 422 g/mol. The number of rotatable bonds is 7. The average Bonchev–Trinajstić information content (AvgIpc) is 3.26. The van der Waals surface area contributed by atoms with Crippen molar-refractivity contribution in [2.45, 2.75) is 24.3 Å². The molecule has 7 nitrogen and oxygen atoms in total. The van der Waals surface area contributed by atoms with Crippen LogP contribution in [-0.4, -0.2) is 33.2 Å². The molecule has 0 bridgehead atoms. The molecule has 0 aliphatic rings. The number of carbonyl (C=O) groups excluding carboxylic acids is 1. The van der Waals surface area contributed by atoms with Crippen molar-refractivity contribution in [3.63, 3.8) is 0 Å². The Morgan fingerprint density at radius 1 is 1.03 bits per heavy atom. The van der Waals surface area contributed by atoms with E-state index in [2.05, 4.69) is 26.9 Å². The Balaban J connectivity index is 1.66. The zero-order valence-corrected chi connectivity index (χ0v) is 18.8. The maximum Gasteiger partial charge on any atom is 0.242 e. The molecule has 0 spiro atoms. The van der Waals surface area contributed by atoms with Crippen LogP contribution in [0.1, 0.15) is 21.9 Å². The largest absolute Gasteiger partial charge is 0.497 e. The van der Waals surface area contributed by atoms with Crippen LogP contribution in [0.25, 0.3) is 5.69 Å². The summed E-state index contributed by atoms with van der Waals surface area (Å²) in [6.07, 6.45) is 0. The molecule has 4 aromatic rings. The lowest BCUT2D eigenvalue weighted by atomic mass is 10.1. The molecule has 1 N–H and O–H groups in total. The van der Waals surface area contributed by atoms with Crippen molar-refractivity contribution in [1.29, 1.82) is 0 Å². The van der Waals surface area contributed by atoms with Gasteiger partial charge in [0.2, 0.25) is 11.1 Å². The van der Waals surface area contributed by atoms with Crippen LogP contribution in [0.4, 0.5) is 5.69 Å². The fourth-order valence-corrected chi connectivity index (χ4v) is 4.35. The number of tetrazole rings is 1. The molecule has 8 heteroatoms. The summed E-state index contributed by atoms with van der Waals surface area (Å²) in [6, 6.07) is 22.9. The zero-order valence-electron chi connectivity index (χ0n) is 18.0. The zero-order chi connectivity index (χ0) is 22.5. The second-order valence-corrected chi connectivity index (χ2v) is 8.37. The molecule has 0 aliphatic carbocycles. The van der Waals surface area contributed by atoms with E-state index in [4.69, 9.17) is 4.74 Å². The first kappa shape index (κ1) is 21.6. The van der Waals surface area contributed by atoms with Crippen LogP contribution < -0.4 is 10.1 Å². The van der Waals surface area contributed by atoms with E-state index in [1.165, 1.54) is 11.8 Å². The maximum atomic E-state index is 13.3. The van der Waals surface area contributed by atoms with Crippen molar-refractivity contribution in [3.8, 4) is 11.4 Å². The Bertz CT molecular complexity index is 1230. The Morgan fingerprint density at radius 3 is 2.59 bits per heavy atom. The number of carbonyl (C=O) groups is 1. The Kier molecular flexibility index (Phi) is 6.51. The van der Waals surface area contributed by atoms with Gasteiger partial charge >= 0.3 is 0 Å². The molecule has 1 atom stereocenters. The summed E-state index contributed by atoms with van der Waals surface area (Å²) >= 11 is 1.30. The number of ether oxygens (including phenoxy) is 1. The first-order valence-corrected chi connectivity index (χ1v) is 11.0. The number of thioether (sulfide) groups is 1. The van der Waals surface area contributed by atoms with Crippen molar-refractivity contribution in [3.05, 3.63) is 89.5 Å². The minimum absolute atomic E-state index is 0.176. The van der Waals surface area contributed by atoms with E-state index in [0.717, 1.165) is 22.4 Å². The number of methoxy groups -OCH3 is 1. The molecule has 1 aromatic heterocycles. The van der Waals surface area contributed by atoms with E-state index < -0.39 is 5.25 Å². The summed E-state index contributed by atoms with van der Waals surface area (Å²) in [5.74, 6) is 0.495. The number of nitrogens with one attached hydrogen (secondary N) is 1. The van der Waals surface area contributed by atoms with Gasteiger partial charge in [-0.1, -0.05) is 65.9 Å². The van der Waals surface area contributed by atoms with Gasteiger partial charge in [0, 0.05) is 11.8 Å². The van der Waals surface area contributed by atoms with Crippen LogP contribution in [0.2, 0.25) is 0 Å². The van der Waals surface area contributed by atoms with Crippen LogP contribution in [0, 0.1) is 13.8 Å². The lowest BCUT2D eigenvalue weighted by Gasteiger charge is -2.17. The van der Waals surface area contributed by atoms with Crippen LogP contribution in [0.3, 0.4) is 0 Å². The number of benzene rings is 3. The molecule has 3 aromatic carbocycles. The average molecular weight is 446 g/mol. The summed E-state index contributed by atoms with van der Waals surface area (Å²) in [7, 11) is 1.59. The van der Waals surface area contributed by atoms with Crippen molar-refractivity contribution in [2.24, 2.45) is 0 Å². The Labute approximate surface area is 190 Å². The first-order valence-electron chi connectivity index (χ1n) is 10.1. The maximum absolute atomic E-state index is 13.3. The summed E-state index contributed by atoms with van der Waals surface area (Å²) in [4.78, 5) is 13.3. The minimum atomic E-state index is -0.557. The first-order chi connectivity index (χ1) is 15.5. The van der Waals surface area contributed by atoms with E-state index in [1.54, 1.807) is 17.9 Å². The molecule has 0 radical (unpaired) electrons. The summed E-state index contributed by atoms with van der Waals surface area (Å²) in [6.45, 7) is 4.06. The number of aryl methyl sites for hydroxylation is 2. The van der Waals surface area contributed by atoms with Gasteiger partial charge in [0.25, 0.3) is 0 Å². The third-order valence-electron chi connectivity index (χ3n) is 4.92.